The van der Waals surface area contributed by atoms with E-state index in [4.69, 9.17) is 5.26 Å². The summed E-state index contributed by atoms with van der Waals surface area (Å²) in [5.74, 6) is 0. The Kier molecular flexibility index (Phi) is 8.07. The third-order valence-electron chi connectivity index (χ3n) is 5.43. The molecule has 1 atom stereocenters. The highest BCUT2D eigenvalue weighted by molar-refractivity contribution is 7.89. The van der Waals surface area contributed by atoms with E-state index in [1.165, 1.54) is 6.07 Å². The molecule has 1 aromatic heterocycles. The number of nitrogens with one attached hydrogen (secondary N) is 1. The van der Waals surface area contributed by atoms with Gasteiger partial charge in [0.25, 0.3) is 0 Å². The molecule has 1 N–H and O–H groups in total. The molecule has 9 heteroatoms. The molecule has 5 nitrogen and oxygen atoms in total. The molecule has 3 rings (SSSR count). The number of rotatable bonds is 9. The SMILES string of the molecule is Cc1cnccc1-c1cccc([C@H](CCCCC#N)NS(=O)(=O)c2ccccc2C(F)(F)F)c1. The normalized spacial score (nSPS) is 12.8. The standard InChI is InChI=1S/C25H24F3N3O2S/c1-18-17-30-15-13-21(18)19-8-7-9-20(16-19)23(11-3-2-6-14-29)31-34(32,33)24-12-5-4-10-22(24)25(26,27)28/h4-5,7-10,12-13,15-17,23,31H,2-3,6,11H2,1H3/t23-/m0/s1. The van der Waals surface area contributed by atoms with Gasteiger partial charge in [0.15, 0.2) is 0 Å². The van der Waals surface area contributed by atoms with Crippen LogP contribution in [0.25, 0.3) is 11.1 Å². The zero-order chi connectivity index (χ0) is 24.8. The number of alkyl halides is 3. The Morgan fingerprint density at radius 3 is 2.56 bits per heavy atom. The van der Waals surface area contributed by atoms with Crippen molar-refractivity contribution in [1.82, 2.24) is 9.71 Å². The number of nitrogens with zero attached hydrogens (tertiary/aromatic N) is 2. The van der Waals surface area contributed by atoms with Gasteiger partial charge in [0.2, 0.25) is 10.0 Å². The van der Waals surface area contributed by atoms with Crippen LogP contribution >= 0.6 is 0 Å². The topological polar surface area (TPSA) is 82.8 Å². The monoisotopic (exact) mass is 487 g/mol. The van der Waals surface area contributed by atoms with Crippen LogP contribution in [0.1, 0.15) is 48.4 Å². The summed E-state index contributed by atoms with van der Waals surface area (Å²) in [4.78, 5) is 3.27. The maximum Gasteiger partial charge on any atom is 0.417 e. The van der Waals surface area contributed by atoms with Crippen LogP contribution in [-0.4, -0.2) is 13.4 Å². The molecule has 34 heavy (non-hydrogen) atoms. The Morgan fingerprint density at radius 1 is 1.09 bits per heavy atom. The number of nitriles is 1. The number of aryl methyl sites for hydroxylation is 1. The predicted octanol–water partition coefficient (Wildman–Crippen LogP) is 6.18. The Balaban J connectivity index is 1.99. The van der Waals surface area contributed by atoms with Gasteiger partial charge in [0, 0.05) is 24.9 Å². The van der Waals surface area contributed by atoms with Gasteiger partial charge >= 0.3 is 6.18 Å². The number of unbranched alkanes of at least 4 members (excludes halogenated alkanes) is 2. The first-order valence-corrected chi connectivity index (χ1v) is 12.2. The van der Waals surface area contributed by atoms with Crippen LogP contribution < -0.4 is 4.72 Å². The van der Waals surface area contributed by atoms with Crippen LogP contribution in [0.2, 0.25) is 0 Å². The summed E-state index contributed by atoms with van der Waals surface area (Å²) in [6.45, 7) is 1.91. The molecular weight excluding hydrogens is 463 g/mol. The maximum atomic E-state index is 13.5. The molecule has 0 fully saturated rings. The molecule has 0 aliphatic heterocycles. The first-order chi connectivity index (χ1) is 16.1. The van der Waals surface area contributed by atoms with Gasteiger partial charge in [-0.3, -0.25) is 4.98 Å². The molecule has 0 aliphatic rings. The molecule has 3 aromatic rings. The van der Waals surface area contributed by atoms with Gasteiger partial charge in [-0.15, -0.1) is 0 Å². The quantitative estimate of drug-likeness (QED) is 0.366. The third-order valence-corrected chi connectivity index (χ3v) is 6.96. The smallest absolute Gasteiger partial charge is 0.264 e. The molecule has 0 saturated heterocycles. The fourth-order valence-corrected chi connectivity index (χ4v) is 5.24. The van der Waals surface area contributed by atoms with Crippen LogP contribution in [0.15, 0.2) is 71.9 Å². The van der Waals surface area contributed by atoms with E-state index < -0.39 is 32.7 Å². The summed E-state index contributed by atoms with van der Waals surface area (Å²) in [6, 6.07) is 14.5. The minimum Gasteiger partial charge on any atom is -0.264 e. The second kappa shape index (κ2) is 10.8. The van der Waals surface area contributed by atoms with E-state index in [1.807, 2.05) is 31.2 Å². The predicted molar refractivity (Wildman–Crippen MR) is 123 cm³/mol. The van der Waals surface area contributed by atoms with Gasteiger partial charge in [-0.1, -0.05) is 36.8 Å². The highest BCUT2D eigenvalue weighted by Crippen LogP contribution is 2.35. The highest BCUT2D eigenvalue weighted by atomic mass is 32.2. The summed E-state index contributed by atoms with van der Waals surface area (Å²) in [7, 11) is -4.49. The van der Waals surface area contributed by atoms with Gasteiger partial charge in [-0.05, 0) is 66.3 Å². The van der Waals surface area contributed by atoms with Crippen molar-refractivity contribution >= 4 is 10.0 Å². The van der Waals surface area contributed by atoms with Crippen molar-refractivity contribution in [3.63, 3.8) is 0 Å². The Morgan fingerprint density at radius 2 is 1.85 bits per heavy atom. The third kappa shape index (κ3) is 6.22. The number of hydrogen-bond acceptors (Lipinski definition) is 4. The molecule has 0 saturated carbocycles. The summed E-state index contributed by atoms with van der Waals surface area (Å²) in [6.07, 6.45) is 0.285. The van der Waals surface area contributed by atoms with Crippen molar-refractivity contribution in [3.8, 4) is 17.2 Å². The van der Waals surface area contributed by atoms with Gasteiger partial charge in [0.1, 0.15) is 0 Å². The summed E-state index contributed by atoms with van der Waals surface area (Å²) in [5.41, 5.74) is 2.11. The summed E-state index contributed by atoms with van der Waals surface area (Å²) < 4.78 is 69.1. The van der Waals surface area contributed by atoms with E-state index in [0.717, 1.165) is 34.9 Å². The van der Waals surface area contributed by atoms with Crippen LogP contribution in [-0.2, 0) is 16.2 Å². The maximum absolute atomic E-state index is 13.5. The van der Waals surface area contributed by atoms with E-state index in [1.54, 1.807) is 24.5 Å². The van der Waals surface area contributed by atoms with Crippen molar-refractivity contribution < 1.29 is 21.6 Å². The fraction of sp³-hybridized carbons (Fsp3) is 0.280. The van der Waals surface area contributed by atoms with Crippen molar-refractivity contribution in [2.24, 2.45) is 0 Å². The number of aromatic nitrogens is 1. The van der Waals surface area contributed by atoms with Crippen molar-refractivity contribution in [2.75, 3.05) is 0 Å². The zero-order valence-electron chi connectivity index (χ0n) is 18.5. The van der Waals surface area contributed by atoms with Crippen molar-refractivity contribution in [1.29, 1.82) is 5.26 Å². The summed E-state index contributed by atoms with van der Waals surface area (Å²) in [5, 5.41) is 8.81. The van der Waals surface area contributed by atoms with E-state index in [9.17, 15) is 21.6 Å². The van der Waals surface area contributed by atoms with E-state index >= 15 is 0 Å². The molecular formula is C25H24F3N3O2S. The molecule has 0 amide bonds. The largest absolute Gasteiger partial charge is 0.417 e. The number of hydrogen-bond donors (Lipinski definition) is 1. The average Bonchev–Trinajstić information content (AvgIpc) is 2.81. The van der Waals surface area contributed by atoms with E-state index in [2.05, 4.69) is 9.71 Å². The molecule has 0 bridgehead atoms. The Labute approximate surface area is 197 Å². The van der Waals surface area contributed by atoms with E-state index in [0.29, 0.717) is 31.2 Å². The second-order valence-corrected chi connectivity index (χ2v) is 9.57. The first kappa shape index (κ1) is 25.4. The molecule has 1 heterocycles. The molecule has 178 valence electrons. The van der Waals surface area contributed by atoms with E-state index in [-0.39, 0.29) is 0 Å². The zero-order valence-corrected chi connectivity index (χ0v) is 19.3. The number of halogens is 3. The lowest BCUT2D eigenvalue weighted by Gasteiger charge is -2.22. The van der Waals surface area contributed by atoms with Crippen LogP contribution in [0.4, 0.5) is 13.2 Å². The van der Waals surface area contributed by atoms with Crippen LogP contribution in [0.5, 0.6) is 0 Å². The van der Waals surface area contributed by atoms with Crippen LogP contribution in [0.3, 0.4) is 0 Å². The molecule has 0 unspecified atom stereocenters. The lowest BCUT2D eigenvalue weighted by atomic mass is 9.96. The second-order valence-electron chi connectivity index (χ2n) is 7.89. The first-order valence-electron chi connectivity index (χ1n) is 10.7. The fourth-order valence-electron chi connectivity index (χ4n) is 3.75. The average molecular weight is 488 g/mol. The molecule has 0 radical (unpaired) electrons. The van der Waals surface area contributed by atoms with Crippen molar-refractivity contribution in [2.45, 2.75) is 49.7 Å². The number of benzene rings is 2. The number of sulfonamides is 1. The van der Waals surface area contributed by atoms with Crippen LogP contribution in [0, 0.1) is 18.3 Å². The Bertz CT molecular complexity index is 1280. The lowest BCUT2D eigenvalue weighted by Crippen LogP contribution is -2.30. The van der Waals surface area contributed by atoms with Crippen molar-refractivity contribution in [3.05, 3.63) is 83.7 Å². The number of pyridine rings is 1. The molecule has 2 aromatic carbocycles. The van der Waals surface area contributed by atoms with Gasteiger partial charge in [0.05, 0.1) is 16.5 Å². The Hall–Kier alpha value is -3.22. The molecule has 0 spiro atoms. The van der Waals surface area contributed by atoms with Gasteiger partial charge < -0.3 is 0 Å². The minimum absolute atomic E-state index is 0.312. The minimum atomic E-state index is -4.81. The lowest BCUT2D eigenvalue weighted by molar-refractivity contribution is -0.139. The van der Waals surface area contributed by atoms with Gasteiger partial charge in [-0.2, -0.15) is 18.4 Å². The molecule has 0 aliphatic carbocycles. The summed E-state index contributed by atoms with van der Waals surface area (Å²) >= 11 is 0. The highest BCUT2D eigenvalue weighted by Gasteiger charge is 2.37. The van der Waals surface area contributed by atoms with Gasteiger partial charge in [-0.25, -0.2) is 13.1 Å².